The Morgan fingerprint density at radius 3 is 1.71 bits per heavy atom. The van der Waals surface area contributed by atoms with Crippen molar-refractivity contribution in [3.8, 4) is 0 Å². The molecule has 0 spiro atoms. The van der Waals surface area contributed by atoms with Crippen LogP contribution in [0.3, 0.4) is 0 Å². The van der Waals surface area contributed by atoms with Gasteiger partial charge in [-0.1, -0.05) is 40.5 Å². The number of aliphatic hydroxyl groups excluding tert-OH is 1. The van der Waals surface area contributed by atoms with Gasteiger partial charge >= 0.3 is 5.97 Å². The lowest BCUT2D eigenvalue weighted by Gasteiger charge is -2.26. The molecule has 17 heavy (non-hydrogen) atoms. The predicted molar refractivity (Wildman–Crippen MR) is 68.7 cm³/mol. The zero-order valence-electron chi connectivity index (χ0n) is 11.6. The van der Waals surface area contributed by atoms with Crippen molar-refractivity contribution >= 4 is 5.97 Å². The highest BCUT2D eigenvalue weighted by Gasteiger charge is 2.33. The molecule has 0 aromatic heterocycles. The maximum absolute atomic E-state index is 11.0. The number of hydrogen-bond donors (Lipinski definition) is 3. The van der Waals surface area contributed by atoms with E-state index in [1.807, 2.05) is 13.8 Å². The minimum absolute atomic E-state index is 0.417. The van der Waals surface area contributed by atoms with E-state index in [2.05, 4.69) is 6.92 Å². The van der Waals surface area contributed by atoms with E-state index in [9.17, 15) is 4.79 Å². The van der Waals surface area contributed by atoms with E-state index in [-0.39, 0.29) is 0 Å². The van der Waals surface area contributed by atoms with Gasteiger partial charge in [-0.25, -0.2) is 0 Å². The van der Waals surface area contributed by atoms with Gasteiger partial charge in [-0.3, -0.25) is 4.79 Å². The van der Waals surface area contributed by atoms with Gasteiger partial charge in [0.1, 0.15) is 0 Å². The first-order valence-corrected chi connectivity index (χ1v) is 6.49. The van der Waals surface area contributed by atoms with Crippen LogP contribution in [0.4, 0.5) is 0 Å². The molecule has 0 aliphatic heterocycles. The number of carbonyl (C=O) groups is 1. The maximum Gasteiger partial charge on any atom is 0.309 e. The van der Waals surface area contributed by atoms with Gasteiger partial charge in [-0.15, -0.1) is 0 Å². The molecule has 0 saturated carbocycles. The summed E-state index contributed by atoms with van der Waals surface area (Å²) in [5.74, 6) is -0.624. The minimum atomic E-state index is -1.12. The fraction of sp³-hybridized carbons (Fsp3) is 0.923. The number of unbranched alkanes of at least 4 members (excludes halogenated alkanes) is 1. The number of hydrogen-bond acceptors (Lipinski definition) is 3. The first-order chi connectivity index (χ1) is 7.90. The molecule has 0 aliphatic rings. The highest BCUT2D eigenvalue weighted by atomic mass is 16.5. The Kier molecular flexibility index (Phi) is 11.6. The molecule has 4 nitrogen and oxygen atoms in total. The molecular weight excluding hydrogens is 220 g/mol. The van der Waals surface area contributed by atoms with Crippen molar-refractivity contribution in [2.24, 2.45) is 5.41 Å². The van der Waals surface area contributed by atoms with Crippen molar-refractivity contribution in [2.75, 3.05) is 0 Å². The highest BCUT2D eigenvalue weighted by Crippen LogP contribution is 2.32. The molecule has 0 unspecified atom stereocenters. The van der Waals surface area contributed by atoms with Crippen LogP contribution in [0.5, 0.6) is 0 Å². The van der Waals surface area contributed by atoms with Crippen molar-refractivity contribution in [2.45, 2.75) is 72.5 Å². The molecule has 0 aromatic carbocycles. The Bertz CT molecular complexity index is 186. The van der Waals surface area contributed by atoms with Gasteiger partial charge in [-0.05, 0) is 25.7 Å². The number of aliphatic hydroxyl groups is 2. The molecule has 0 radical (unpaired) electrons. The Balaban J connectivity index is 0. The Morgan fingerprint density at radius 2 is 1.53 bits per heavy atom. The van der Waals surface area contributed by atoms with E-state index in [0.29, 0.717) is 6.42 Å². The quantitative estimate of drug-likeness (QED) is 0.605. The van der Waals surface area contributed by atoms with Crippen LogP contribution in [0.25, 0.3) is 0 Å². The summed E-state index contributed by atoms with van der Waals surface area (Å²) in [6, 6.07) is 0. The molecule has 0 rings (SSSR count). The maximum atomic E-state index is 11.0. The van der Waals surface area contributed by atoms with Gasteiger partial charge in [0, 0.05) is 0 Å². The average Bonchev–Trinajstić information content (AvgIpc) is 2.31. The summed E-state index contributed by atoms with van der Waals surface area (Å²) in [5.41, 5.74) is -0.448. The summed E-state index contributed by atoms with van der Waals surface area (Å²) in [5, 5.41) is 24.9. The molecule has 0 bridgehead atoms. The van der Waals surface area contributed by atoms with E-state index in [0.717, 1.165) is 32.1 Å². The summed E-state index contributed by atoms with van der Waals surface area (Å²) < 4.78 is 0. The minimum Gasteiger partial charge on any atom is -0.481 e. The molecule has 0 atom stereocenters. The molecule has 0 aromatic rings. The molecule has 104 valence electrons. The zero-order chi connectivity index (χ0) is 13.9. The Hall–Kier alpha value is -0.610. The molecule has 0 amide bonds. The molecule has 0 fully saturated rings. The van der Waals surface area contributed by atoms with Crippen LogP contribution in [-0.2, 0) is 4.79 Å². The number of aliphatic carboxylic acids is 1. The fourth-order valence-electron chi connectivity index (χ4n) is 1.53. The van der Waals surface area contributed by atoms with E-state index < -0.39 is 17.7 Å². The van der Waals surface area contributed by atoms with Crippen LogP contribution in [0.2, 0.25) is 0 Å². The van der Waals surface area contributed by atoms with Gasteiger partial charge in [0.15, 0.2) is 6.29 Å². The highest BCUT2D eigenvalue weighted by molar-refractivity contribution is 5.74. The average molecular weight is 248 g/mol. The third kappa shape index (κ3) is 8.16. The Morgan fingerprint density at radius 1 is 1.12 bits per heavy atom. The summed E-state index contributed by atoms with van der Waals surface area (Å²) >= 11 is 0. The monoisotopic (exact) mass is 248 g/mol. The van der Waals surface area contributed by atoms with E-state index in [1.165, 1.54) is 0 Å². The van der Waals surface area contributed by atoms with Gasteiger partial charge in [0.2, 0.25) is 0 Å². The number of rotatable bonds is 7. The van der Waals surface area contributed by atoms with Gasteiger partial charge in [0.25, 0.3) is 0 Å². The van der Waals surface area contributed by atoms with Crippen LogP contribution in [0.1, 0.15) is 66.2 Å². The molecule has 0 heterocycles. The van der Waals surface area contributed by atoms with Gasteiger partial charge in [0.05, 0.1) is 5.41 Å². The van der Waals surface area contributed by atoms with Crippen LogP contribution in [0.15, 0.2) is 0 Å². The largest absolute Gasteiger partial charge is 0.481 e. The molecular formula is C13H28O4. The molecule has 0 saturated heterocycles. The van der Waals surface area contributed by atoms with Crippen molar-refractivity contribution in [3.63, 3.8) is 0 Å². The summed E-state index contributed by atoms with van der Waals surface area (Å²) in [4.78, 5) is 11.0. The molecule has 4 heteroatoms. The van der Waals surface area contributed by atoms with Crippen molar-refractivity contribution in [3.05, 3.63) is 0 Å². The zero-order valence-corrected chi connectivity index (χ0v) is 11.6. The molecule has 3 N–H and O–H groups in total. The van der Waals surface area contributed by atoms with Gasteiger partial charge in [-0.2, -0.15) is 0 Å². The van der Waals surface area contributed by atoms with Crippen LogP contribution >= 0.6 is 0 Å². The first kappa shape index (κ1) is 18.7. The van der Waals surface area contributed by atoms with Crippen LogP contribution in [0, 0.1) is 5.41 Å². The summed E-state index contributed by atoms with van der Waals surface area (Å²) in [7, 11) is 0. The van der Waals surface area contributed by atoms with E-state index >= 15 is 0 Å². The third-order valence-electron chi connectivity index (χ3n) is 3.18. The second-order valence-corrected chi connectivity index (χ2v) is 4.29. The number of carboxylic acid groups (broad SMARTS) is 1. The van der Waals surface area contributed by atoms with Crippen molar-refractivity contribution in [1.82, 2.24) is 0 Å². The Labute approximate surface area is 105 Å². The third-order valence-corrected chi connectivity index (χ3v) is 3.18. The second kappa shape index (κ2) is 10.5. The lowest BCUT2D eigenvalue weighted by atomic mass is 9.78. The smallest absolute Gasteiger partial charge is 0.309 e. The fourth-order valence-corrected chi connectivity index (χ4v) is 1.53. The van der Waals surface area contributed by atoms with E-state index in [4.69, 9.17) is 15.3 Å². The molecule has 0 aliphatic carbocycles. The number of carboxylic acids is 1. The van der Waals surface area contributed by atoms with E-state index in [1.54, 1.807) is 6.92 Å². The summed E-state index contributed by atoms with van der Waals surface area (Å²) in [6.07, 6.45) is 3.72. The standard InChI is InChI=1S/C10H20O2.C3H8O2/c1-4-7-8-10(5-2,6-3)9(11)12;1-2-3(4)5/h4-8H2,1-3H3,(H,11,12);3-5H,2H2,1H3. The lowest BCUT2D eigenvalue weighted by Crippen LogP contribution is -2.29. The van der Waals surface area contributed by atoms with Gasteiger partial charge < -0.3 is 15.3 Å². The summed E-state index contributed by atoms with van der Waals surface area (Å²) in [6.45, 7) is 7.73. The lowest BCUT2D eigenvalue weighted by molar-refractivity contribution is -0.150. The topological polar surface area (TPSA) is 77.8 Å². The van der Waals surface area contributed by atoms with Crippen LogP contribution < -0.4 is 0 Å². The van der Waals surface area contributed by atoms with Crippen LogP contribution in [-0.4, -0.2) is 27.6 Å². The SMILES string of the molecule is CCC(O)O.CCCCC(CC)(CC)C(=O)O. The predicted octanol–water partition coefficient (Wildman–Crippen LogP) is 2.77. The van der Waals surface area contributed by atoms with Crippen molar-refractivity contribution < 1.29 is 20.1 Å². The second-order valence-electron chi connectivity index (χ2n) is 4.29. The normalized spacial score (nSPS) is 11.0. The van der Waals surface area contributed by atoms with Crippen molar-refractivity contribution in [1.29, 1.82) is 0 Å². The first-order valence-electron chi connectivity index (χ1n) is 6.49.